The van der Waals surface area contributed by atoms with Gasteiger partial charge in [-0.1, -0.05) is 29.8 Å². The second-order valence-corrected chi connectivity index (χ2v) is 6.61. The number of hydrogen-bond donors (Lipinski definition) is 3. The van der Waals surface area contributed by atoms with Gasteiger partial charge in [0.05, 0.1) is 13.7 Å². The molecule has 0 fully saturated rings. The van der Waals surface area contributed by atoms with Crippen LogP contribution < -0.4 is 20.7 Å². The van der Waals surface area contributed by atoms with Gasteiger partial charge in [-0.2, -0.15) is 0 Å². The fraction of sp³-hybridized carbons (Fsp3) is 0.300. The minimum atomic E-state index is -0.131. The van der Waals surface area contributed by atoms with Gasteiger partial charge in [0.15, 0.2) is 5.11 Å². The fourth-order valence-electron chi connectivity index (χ4n) is 2.71. The first kappa shape index (κ1) is 19.7. The molecule has 0 radical (unpaired) electrons. The zero-order chi connectivity index (χ0) is 19.1. The van der Waals surface area contributed by atoms with Crippen LogP contribution in [0.25, 0.3) is 0 Å². The molecule has 6 heteroatoms. The average molecular weight is 372 g/mol. The van der Waals surface area contributed by atoms with Gasteiger partial charge in [0.1, 0.15) is 5.75 Å². The standard InChI is InChI=1S/C20H25N3O2S/c1-13-9-14(2)19(15(3)10-13)23-18(24)12-22-20(26)21-11-16-5-7-17(25-4)8-6-16/h5-10H,11-12H2,1-4H3,(H,23,24)(H2,21,22,26). The van der Waals surface area contributed by atoms with E-state index in [9.17, 15) is 4.79 Å². The second-order valence-electron chi connectivity index (χ2n) is 6.21. The molecule has 138 valence electrons. The van der Waals surface area contributed by atoms with Crippen molar-refractivity contribution in [2.45, 2.75) is 27.3 Å². The third-order valence-corrected chi connectivity index (χ3v) is 4.25. The largest absolute Gasteiger partial charge is 0.497 e. The predicted molar refractivity (Wildman–Crippen MR) is 110 cm³/mol. The molecular weight excluding hydrogens is 346 g/mol. The summed E-state index contributed by atoms with van der Waals surface area (Å²) in [5.74, 6) is 0.682. The predicted octanol–water partition coefficient (Wildman–Crippen LogP) is 3.22. The van der Waals surface area contributed by atoms with Crippen LogP contribution in [0, 0.1) is 20.8 Å². The Balaban J connectivity index is 1.78. The number of hydrogen-bond acceptors (Lipinski definition) is 3. The number of amides is 1. The highest BCUT2D eigenvalue weighted by molar-refractivity contribution is 7.80. The van der Waals surface area contributed by atoms with Gasteiger partial charge in [-0.05, 0) is 61.8 Å². The van der Waals surface area contributed by atoms with Crippen molar-refractivity contribution in [3.63, 3.8) is 0 Å². The van der Waals surface area contributed by atoms with Crippen LogP contribution in [-0.4, -0.2) is 24.7 Å². The van der Waals surface area contributed by atoms with Gasteiger partial charge in [-0.3, -0.25) is 4.79 Å². The number of ether oxygens (including phenoxy) is 1. The van der Waals surface area contributed by atoms with Crippen LogP contribution in [0.3, 0.4) is 0 Å². The molecule has 3 N–H and O–H groups in total. The molecule has 0 bridgehead atoms. The van der Waals surface area contributed by atoms with E-state index in [-0.39, 0.29) is 12.5 Å². The van der Waals surface area contributed by atoms with E-state index in [0.29, 0.717) is 11.7 Å². The zero-order valence-corrected chi connectivity index (χ0v) is 16.4. The lowest BCUT2D eigenvalue weighted by molar-refractivity contribution is -0.115. The lowest BCUT2D eigenvalue weighted by atomic mass is 10.1. The highest BCUT2D eigenvalue weighted by Crippen LogP contribution is 2.21. The van der Waals surface area contributed by atoms with Crippen molar-refractivity contribution in [1.82, 2.24) is 10.6 Å². The Labute approximate surface area is 160 Å². The number of carbonyl (C=O) groups excluding carboxylic acids is 1. The molecule has 0 heterocycles. The topological polar surface area (TPSA) is 62.4 Å². The summed E-state index contributed by atoms with van der Waals surface area (Å²) >= 11 is 5.23. The van der Waals surface area contributed by atoms with Crippen molar-refractivity contribution in [3.8, 4) is 5.75 Å². The van der Waals surface area contributed by atoms with Gasteiger partial charge >= 0.3 is 0 Å². The molecule has 0 aliphatic heterocycles. The summed E-state index contributed by atoms with van der Waals surface area (Å²) in [6.45, 7) is 6.71. The Bertz CT molecular complexity index is 765. The van der Waals surface area contributed by atoms with Crippen LogP contribution in [0.1, 0.15) is 22.3 Å². The maximum absolute atomic E-state index is 12.2. The van der Waals surface area contributed by atoms with E-state index in [2.05, 4.69) is 28.1 Å². The van der Waals surface area contributed by atoms with E-state index < -0.39 is 0 Å². The third-order valence-electron chi connectivity index (χ3n) is 3.96. The number of rotatable bonds is 6. The van der Waals surface area contributed by atoms with E-state index in [1.807, 2.05) is 45.0 Å². The van der Waals surface area contributed by atoms with Crippen LogP contribution in [0.5, 0.6) is 5.75 Å². The average Bonchev–Trinajstić information content (AvgIpc) is 2.61. The maximum Gasteiger partial charge on any atom is 0.243 e. The molecule has 5 nitrogen and oxygen atoms in total. The van der Waals surface area contributed by atoms with E-state index >= 15 is 0 Å². The number of thiocarbonyl (C=S) groups is 1. The van der Waals surface area contributed by atoms with E-state index in [1.165, 1.54) is 5.56 Å². The molecule has 0 saturated carbocycles. The molecule has 1 amide bonds. The lowest BCUT2D eigenvalue weighted by Crippen LogP contribution is -2.39. The van der Waals surface area contributed by atoms with Gasteiger partial charge in [-0.25, -0.2) is 0 Å². The van der Waals surface area contributed by atoms with Crippen LogP contribution >= 0.6 is 12.2 Å². The van der Waals surface area contributed by atoms with Gasteiger partial charge < -0.3 is 20.7 Å². The van der Waals surface area contributed by atoms with Gasteiger partial charge in [0.2, 0.25) is 5.91 Å². The first-order valence-electron chi connectivity index (χ1n) is 8.41. The highest BCUT2D eigenvalue weighted by atomic mass is 32.1. The van der Waals surface area contributed by atoms with Crippen LogP contribution in [-0.2, 0) is 11.3 Å². The number of methoxy groups -OCH3 is 1. The van der Waals surface area contributed by atoms with E-state index in [0.717, 1.165) is 28.1 Å². The summed E-state index contributed by atoms with van der Waals surface area (Å²) in [5, 5.41) is 9.40. The van der Waals surface area contributed by atoms with Gasteiger partial charge in [0, 0.05) is 12.2 Å². The summed E-state index contributed by atoms with van der Waals surface area (Å²) in [6.07, 6.45) is 0. The number of anilines is 1. The molecule has 0 unspecified atom stereocenters. The molecular formula is C20H25N3O2S. The Morgan fingerprint density at radius 1 is 1.04 bits per heavy atom. The molecule has 2 aromatic rings. The summed E-state index contributed by atoms with van der Waals surface area (Å²) in [5.41, 5.74) is 5.22. The smallest absolute Gasteiger partial charge is 0.243 e. The summed E-state index contributed by atoms with van der Waals surface area (Å²) in [4.78, 5) is 12.2. The molecule has 0 aliphatic carbocycles. The molecule has 0 aromatic heterocycles. The monoisotopic (exact) mass is 371 g/mol. The van der Waals surface area contributed by atoms with Crippen LogP contribution in [0.4, 0.5) is 5.69 Å². The number of benzene rings is 2. The maximum atomic E-state index is 12.2. The van der Waals surface area contributed by atoms with Crippen LogP contribution in [0.2, 0.25) is 0 Å². The van der Waals surface area contributed by atoms with E-state index in [4.69, 9.17) is 17.0 Å². The highest BCUT2D eigenvalue weighted by Gasteiger charge is 2.08. The minimum Gasteiger partial charge on any atom is -0.497 e. The van der Waals surface area contributed by atoms with Crippen molar-refractivity contribution in [2.24, 2.45) is 0 Å². The quantitative estimate of drug-likeness (QED) is 0.681. The van der Waals surface area contributed by atoms with Crippen LogP contribution in [0.15, 0.2) is 36.4 Å². The Hall–Kier alpha value is -2.60. The number of nitrogens with one attached hydrogen (secondary N) is 3. The SMILES string of the molecule is COc1ccc(CNC(=S)NCC(=O)Nc2c(C)cc(C)cc2C)cc1. The summed E-state index contributed by atoms with van der Waals surface area (Å²) in [6, 6.07) is 11.8. The van der Waals surface area contributed by atoms with Crippen molar-refractivity contribution in [1.29, 1.82) is 0 Å². The summed E-state index contributed by atoms with van der Waals surface area (Å²) < 4.78 is 5.13. The zero-order valence-electron chi connectivity index (χ0n) is 15.6. The van der Waals surface area contributed by atoms with Gasteiger partial charge in [-0.15, -0.1) is 0 Å². The molecule has 2 rings (SSSR count). The third kappa shape index (κ3) is 5.74. The molecule has 26 heavy (non-hydrogen) atoms. The Morgan fingerprint density at radius 2 is 1.65 bits per heavy atom. The molecule has 0 atom stereocenters. The van der Waals surface area contributed by atoms with Crippen molar-refractivity contribution in [2.75, 3.05) is 19.0 Å². The Morgan fingerprint density at radius 3 is 2.23 bits per heavy atom. The first-order valence-corrected chi connectivity index (χ1v) is 8.82. The van der Waals surface area contributed by atoms with Crippen molar-refractivity contribution >= 4 is 28.9 Å². The minimum absolute atomic E-state index is 0.112. The lowest BCUT2D eigenvalue weighted by Gasteiger charge is -2.14. The number of aryl methyl sites for hydroxylation is 3. The first-order chi connectivity index (χ1) is 12.4. The number of carbonyl (C=O) groups is 1. The van der Waals surface area contributed by atoms with Gasteiger partial charge in [0.25, 0.3) is 0 Å². The molecule has 2 aromatic carbocycles. The van der Waals surface area contributed by atoms with E-state index in [1.54, 1.807) is 7.11 Å². The van der Waals surface area contributed by atoms with Crippen molar-refractivity contribution in [3.05, 3.63) is 58.7 Å². The molecule has 0 spiro atoms. The molecule has 0 saturated heterocycles. The summed E-state index contributed by atoms with van der Waals surface area (Å²) in [7, 11) is 1.64. The normalized spacial score (nSPS) is 10.2. The second kappa shape index (κ2) is 9.20. The molecule has 0 aliphatic rings. The Kier molecular flexibility index (Phi) is 6.97. The fourth-order valence-corrected chi connectivity index (χ4v) is 2.85. The van der Waals surface area contributed by atoms with Crippen molar-refractivity contribution < 1.29 is 9.53 Å².